The molecule has 0 bridgehead atoms. The predicted octanol–water partition coefficient (Wildman–Crippen LogP) is 1.84. The van der Waals surface area contributed by atoms with Crippen molar-refractivity contribution in [2.24, 2.45) is 0 Å². The first-order chi connectivity index (χ1) is 11.1. The van der Waals surface area contributed by atoms with E-state index < -0.39 is 0 Å². The third-order valence-electron chi connectivity index (χ3n) is 5.05. The molecule has 0 aromatic carbocycles. The lowest BCUT2D eigenvalue weighted by molar-refractivity contribution is -0.137. The van der Waals surface area contributed by atoms with Crippen molar-refractivity contribution in [1.82, 2.24) is 15.0 Å². The normalized spacial score (nSPS) is 24.1. The Balaban J connectivity index is 1.75. The van der Waals surface area contributed by atoms with Crippen LogP contribution in [0.3, 0.4) is 0 Å². The van der Waals surface area contributed by atoms with Gasteiger partial charge in [0.25, 0.3) is 5.89 Å². The number of carbonyl (C=O) groups excluding carboxylic acids is 1. The number of nitrogens with zero attached hydrogens (tertiary/aromatic N) is 3. The molecule has 23 heavy (non-hydrogen) atoms. The molecule has 1 saturated heterocycles. The monoisotopic (exact) mass is 323 g/mol. The standard InChI is InChI=1S/C16H25N3O4/c1-12(20)19-8-10-22-13(11-19)14-17-15(18-23-14)16(7-9-21-2)5-3-4-6-16/h13H,3-11H2,1-2H3. The average molecular weight is 323 g/mol. The number of amides is 1. The van der Waals surface area contributed by atoms with Gasteiger partial charge in [0.05, 0.1) is 13.2 Å². The molecular formula is C16H25N3O4. The van der Waals surface area contributed by atoms with Crippen molar-refractivity contribution < 1.29 is 18.8 Å². The topological polar surface area (TPSA) is 77.7 Å². The van der Waals surface area contributed by atoms with Gasteiger partial charge in [0.1, 0.15) is 0 Å². The number of hydrogen-bond donors (Lipinski definition) is 0. The molecule has 1 atom stereocenters. The number of rotatable bonds is 5. The summed E-state index contributed by atoms with van der Waals surface area (Å²) in [6, 6.07) is 0. The lowest BCUT2D eigenvalue weighted by Crippen LogP contribution is -2.41. The third-order valence-corrected chi connectivity index (χ3v) is 5.05. The molecule has 7 heteroatoms. The fraction of sp³-hybridized carbons (Fsp3) is 0.812. The van der Waals surface area contributed by atoms with E-state index in [4.69, 9.17) is 14.0 Å². The van der Waals surface area contributed by atoms with Gasteiger partial charge in [-0.1, -0.05) is 18.0 Å². The molecule has 1 unspecified atom stereocenters. The summed E-state index contributed by atoms with van der Waals surface area (Å²) in [6.45, 7) is 3.85. The minimum absolute atomic E-state index is 0.0350. The summed E-state index contributed by atoms with van der Waals surface area (Å²) in [5, 5.41) is 4.24. The summed E-state index contributed by atoms with van der Waals surface area (Å²) >= 11 is 0. The van der Waals surface area contributed by atoms with Crippen LogP contribution < -0.4 is 0 Å². The van der Waals surface area contributed by atoms with Crippen molar-refractivity contribution in [3.63, 3.8) is 0 Å². The molecular weight excluding hydrogens is 298 g/mol. The van der Waals surface area contributed by atoms with E-state index in [1.165, 1.54) is 12.8 Å². The van der Waals surface area contributed by atoms with Crippen molar-refractivity contribution in [3.8, 4) is 0 Å². The zero-order chi connectivity index (χ0) is 16.3. The molecule has 1 amide bonds. The number of morpholine rings is 1. The number of methoxy groups -OCH3 is 1. The number of hydrogen-bond acceptors (Lipinski definition) is 6. The minimum Gasteiger partial charge on any atom is -0.385 e. The maximum absolute atomic E-state index is 11.5. The molecule has 1 aliphatic carbocycles. The molecule has 7 nitrogen and oxygen atoms in total. The Morgan fingerprint density at radius 3 is 2.91 bits per heavy atom. The number of carbonyl (C=O) groups is 1. The van der Waals surface area contributed by atoms with Gasteiger partial charge < -0.3 is 18.9 Å². The first-order valence-electron chi connectivity index (χ1n) is 8.35. The van der Waals surface area contributed by atoms with Crippen LogP contribution in [0.5, 0.6) is 0 Å². The third kappa shape index (κ3) is 3.40. The van der Waals surface area contributed by atoms with Gasteiger partial charge in [-0.25, -0.2) is 0 Å². The van der Waals surface area contributed by atoms with Gasteiger partial charge in [-0.2, -0.15) is 4.98 Å². The SMILES string of the molecule is COCCC1(c2noc(C3CN(C(C)=O)CCO3)n2)CCCC1. The second-order valence-corrected chi connectivity index (χ2v) is 6.51. The average Bonchev–Trinajstić information content (AvgIpc) is 3.23. The van der Waals surface area contributed by atoms with E-state index in [0.717, 1.165) is 25.1 Å². The van der Waals surface area contributed by atoms with Crippen molar-refractivity contribution in [2.45, 2.75) is 50.5 Å². The van der Waals surface area contributed by atoms with E-state index in [9.17, 15) is 4.79 Å². The van der Waals surface area contributed by atoms with Crippen LogP contribution in [0.25, 0.3) is 0 Å². The van der Waals surface area contributed by atoms with Crippen molar-refractivity contribution in [1.29, 1.82) is 0 Å². The van der Waals surface area contributed by atoms with Crippen molar-refractivity contribution >= 4 is 5.91 Å². The fourth-order valence-electron chi connectivity index (χ4n) is 3.60. The molecule has 0 radical (unpaired) electrons. The van der Waals surface area contributed by atoms with Crippen molar-refractivity contribution in [3.05, 3.63) is 11.7 Å². The van der Waals surface area contributed by atoms with Gasteiger partial charge in [0.15, 0.2) is 11.9 Å². The van der Waals surface area contributed by atoms with E-state index in [0.29, 0.717) is 32.2 Å². The molecule has 128 valence electrons. The first kappa shape index (κ1) is 16.4. The summed E-state index contributed by atoms with van der Waals surface area (Å²) in [5.74, 6) is 1.30. The number of ether oxygens (including phenoxy) is 2. The Labute approximate surface area is 136 Å². The van der Waals surface area contributed by atoms with Gasteiger partial charge >= 0.3 is 0 Å². The summed E-state index contributed by atoms with van der Waals surface area (Å²) in [5.41, 5.74) is -0.0350. The Morgan fingerprint density at radius 2 is 2.22 bits per heavy atom. The van der Waals surface area contributed by atoms with Crippen LogP contribution in [-0.2, 0) is 19.7 Å². The zero-order valence-electron chi connectivity index (χ0n) is 13.9. The van der Waals surface area contributed by atoms with Crippen LogP contribution in [-0.4, -0.2) is 54.4 Å². The zero-order valence-corrected chi connectivity index (χ0v) is 13.9. The highest BCUT2D eigenvalue weighted by Gasteiger charge is 2.40. The Kier molecular flexibility index (Phi) is 4.96. The molecule has 2 fully saturated rings. The van der Waals surface area contributed by atoms with Gasteiger partial charge in [0.2, 0.25) is 5.91 Å². The van der Waals surface area contributed by atoms with E-state index in [2.05, 4.69) is 10.1 Å². The highest BCUT2D eigenvalue weighted by molar-refractivity contribution is 5.73. The second-order valence-electron chi connectivity index (χ2n) is 6.51. The quantitative estimate of drug-likeness (QED) is 0.823. The van der Waals surface area contributed by atoms with E-state index in [1.54, 1.807) is 18.9 Å². The summed E-state index contributed by atoms with van der Waals surface area (Å²) in [6.07, 6.45) is 5.10. The first-order valence-corrected chi connectivity index (χ1v) is 8.35. The molecule has 2 aliphatic rings. The summed E-state index contributed by atoms with van der Waals surface area (Å²) < 4.78 is 16.5. The van der Waals surface area contributed by atoms with Gasteiger partial charge in [0, 0.05) is 32.6 Å². The predicted molar refractivity (Wildman–Crippen MR) is 81.9 cm³/mol. The van der Waals surface area contributed by atoms with E-state index in [1.807, 2.05) is 0 Å². The lowest BCUT2D eigenvalue weighted by atomic mass is 9.82. The Morgan fingerprint density at radius 1 is 1.43 bits per heavy atom. The molecule has 1 aromatic rings. The largest absolute Gasteiger partial charge is 0.385 e. The van der Waals surface area contributed by atoms with Crippen LogP contribution in [0.4, 0.5) is 0 Å². The maximum Gasteiger partial charge on any atom is 0.257 e. The molecule has 0 N–H and O–H groups in total. The van der Waals surface area contributed by atoms with E-state index in [-0.39, 0.29) is 17.4 Å². The second kappa shape index (κ2) is 6.97. The number of aromatic nitrogens is 2. The molecule has 3 rings (SSSR count). The molecule has 0 spiro atoms. The molecule has 1 aromatic heterocycles. The van der Waals surface area contributed by atoms with E-state index >= 15 is 0 Å². The smallest absolute Gasteiger partial charge is 0.257 e. The Hall–Kier alpha value is -1.47. The van der Waals surface area contributed by atoms with Gasteiger partial charge in [-0.05, 0) is 19.3 Å². The summed E-state index contributed by atoms with van der Waals surface area (Å²) in [4.78, 5) is 17.9. The molecule has 1 aliphatic heterocycles. The van der Waals surface area contributed by atoms with Crippen LogP contribution in [0.1, 0.15) is 56.8 Å². The highest BCUT2D eigenvalue weighted by Crippen LogP contribution is 2.42. The molecule has 2 heterocycles. The van der Waals surface area contributed by atoms with Crippen molar-refractivity contribution in [2.75, 3.05) is 33.4 Å². The van der Waals surface area contributed by atoms with Crippen LogP contribution >= 0.6 is 0 Å². The van der Waals surface area contributed by atoms with Crippen LogP contribution in [0, 0.1) is 0 Å². The fourth-order valence-corrected chi connectivity index (χ4v) is 3.60. The minimum atomic E-state index is -0.324. The Bertz CT molecular complexity index is 539. The van der Waals surface area contributed by atoms with Crippen LogP contribution in [0.2, 0.25) is 0 Å². The van der Waals surface area contributed by atoms with Gasteiger partial charge in [-0.3, -0.25) is 4.79 Å². The maximum atomic E-state index is 11.5. The van der Waals surface area contributed by atoms with Crippen LogP contribution in [0.15, 0.2) is 4.52 Å². The summed E-state index contributed by atoms with van der Waals surface area (Å²) in [7, 11) is 1.72. The molecule has 1 saturated carbocycles. The van der Waals surface area contributed by atoms with Gasteiger partial charge in [-0.15, -0.1) is 0 Å². The lowest BCUT2D eigenvalue weighted by Gasteiger charge is -2.30. The highest BCUT2D eigenvalue weighted by atomic mass is 16.5.